The van der Waals surface area contributed by atoms with Crippen LogP contribution >= 0.6 is 11.8 Å². The first-order valence-corrected chi connectivity index (χ1v) is 8.00. The van der Waals surface area contributed by atoms with Crippen LogP contribution in [0.3, 0.4) is 0 Å². The van der Waals surface area contributed by atoms with E-state index in [0.717, 1.165) is 6.20 Å². The molecule has 1 aromatic rings. The molecular weight excluding hydrogens is 278 g/mol. The first-order chi connectivity index (χ1) is 8.38. The van der Waals surface area contributed by atoms with Crippen LogP contribution in [0.5, 0.6) is 0 Å². The zero-order valence-corrected chi connectivity index (χ0v) is 11.6. The Balaban J connectivity index is 2.86. The summed E-state index contributed by atoms with van der Waals surface area (Å²) in [6, 6.07) is -1.13. The van der Waals surface area contributed by atoms with Crippen molar-refractivity contribution in [2.24, 2.45) is 0 Å². The predicted molar refractivity (Wildman–Crippen MR) is 68.1 cm³/mol. The minimum Gasteiger partial charge on any atom is -0.480 e. The Kier molecular flexibility index (Phi) is 5.17. The average molecular weight is 293 g/mol. The molecule has 0 aliphatic heterocycles. The van der Waals surface area contributed by atoms with Gasteiger partial charge < -0.3 is 5.11 Å². The summed E-state index contributed by atoms with van der Waals surface area (Å²) >= 11 is 1.46. The topological polar surface area (TPSA) is 112 Å². The van der Waals surface area contributed by atoms with E-state index < -0.39 is 22.0 Å². The lowest BCUT2D eigenvalue weighted by Crippen LogP contribution is -2.41. The Bertz CT molecular complexity index is 512. The zero-order valence-electron chi connectivity index (χ0n) is 10.0. The van der Waals surface area contributed by atoms with E-state index in [1.165, 1.54) is 11.8 Å². The lowest BCUT2D eigenvalue weighted by Gasteiger charge is -2.13. The van der Waals surface area contributed by atoms with Crippen LogP contribution in [0, 0.1) is 6.92 Å². The second-order valence-corrected chi connectivity index (χ2v) is 6.32. The van der Waals surface area contributed by atoms with E-state index in [-0.39, 0.29) is 11.3 Å². The van der Waals surface area contributed by atoms with E-state index in [1.54, 1.807) is 6.92 Å². The normalized spacial score (nSPS) is 13.4. The lowest BCUT2D eigenvalue weighted by atomic mass is 10.2. The van der Waals surface area contributed by atoms with E-state index in [9.17, 15) is 13.2 Å². The van der Waals surface area contributed by atoms with Gasteiger partial charge in [-0.3, -0.25) is 9.89 Å². The number of carboxylic acids is 1. The minimum atomic E-state index is -3.86. The summed E-state index contributed by atoms with van der Waals surface area (Å²) in [5.74, 6) is -0.627. The maximum absolute atomic E-state index is 12.0. The molecule has 9 heteroatoms. The molecular formula is C9H15N3O4S2. The summed E-state index contributed by atoms with van der Waals surface area (Å²) in [5.41, 5.74) is 0.372. The van der Waals surface area contributed by atoms with Crippen LogP contribution in [0.25, 0.3) is 0 Å². The van der Waals surface area contributed by atoms with Crippen LogP contribution in [-0.4, -0.2) is 47.7 Å². The molecule has 0 bridgehead atoms. The van der Waals surface area contributed by atoms with E-state index in [0.29, 0.717) is 11.4 Å². The van der Waals surface area contributed by atoms with Gasteiger partial charge in [0, 0.05) is 0 Å². The molecule has 1 heterocycles. The second-order valence-electron chi connectivity index (χ2n) is 3.65. The van der Waals surface area contributed by atoms with E-state index in [1.807, 2.05) is 6.26 Å². The molecule has 1 rings (SSSR count). The van der Waals surface area contributed by atoms with Crippen molar-refractivity contribution in [2.45, 2.75) is 24.3 Å². The molecule has 0 fully saturated rings. The SMILES string of the molecule is CSCC[C@@H](NS(=O)(=O)c1cn[nH]c1C)C(=O)O. The third-order valence-corrected chi connectivity index (χ3v) is 4.51. The number of hydrogen-bond donors (Lipinski definition) is 3. The smallest absolute Gasteiger partial charge is 0.321 e. The molecule has 0 unspecified atom stereocenters. The number of aromatic nitrogens is 2. The number of sulfonamides is 1. The highest BCUT2D eigenvalue weighted by Gasteiger charge is 2.26. The maximum atomic E-state index is 12.0. The van der Waals surface area contributed by atoms with Gasteiger partial charge in [0.1, 0.15) is 10.9 Å². The molecule has 1 aromatic heterocycles. The number of H-pyrrole nitrogens is 1. The van der Waals surface area contributed by atoms with Crippen molar-refractivity contribution in [3.05, 3.63) is 11.9 Å². The van der Waals surface area contributed by atoms with Gasteiger partial charge >= 0.3 is 5.97 Å². The average Bonchev–Trinajstić information content (AvgIpc) is 2.71. The number of aromatic amines is 1. The molecule has 18 heavy (non-hydrogen) atoms. The molecule has 0 saturated heterocycles. The first kappa shape index (κ1) is 15.0. The van der Waals surface area contributed by atoms with Gasteiger partial charge in [0.25, 0.3) is 0 Å². The van der Waals surface area contributed by atoms with Crippen molar-refractivity contribution in [3.8, 4) is 0 Å². The number of nitrogens with one attached hydrogen (secondary N) is 2. The molecule has 0 amide bonds. The Hall–Kier alpha value is -1.06. The number of thioether (sulfide) groups is 1. The Morgan fingerprint density at radius 3 is 2.78 bits per heavy atom. The van der Waals surface area contributed by atoms with E-state index in [4.69, 9.17) is 5.11 Å². The number of rotatable bonds is 7. The molecule has 3 N–H and O–H groups in total. The van der Waals surface area contributed by atoms with Crippen molar-refractivity contribution in [1.29, 1.82) is 0 Å². The van der Waals surface area contributed by atoms with Gasteiger partial charge in [-0.2, -0.15) is 21.6 Å². The number of carboxylic acid groups (broad SMARTS) is 1. The predicted octanol–water partition coefficient (Wildman–Crippen LogP) is 0.203. The van der Waals surface area contributed by atoms with E-state index >= 15 is 0 Å². The molecule has 0 spiro atoms. The Labute approximate surface area is 109 Å². The van der Waals surface area contributed by atoms with Crippen LogP contribution < -0.4 is 4.72 Å². The van der Waals surface area contributed by atoms with Crippen molar-refractivity contribution >= 4 is 27.8 Å². The fourth-order valence-electron chi connectivity index (χ4n) is 1.33. The Morgan fingerprint density at radius 2 is 2.33 bits per heavy atom. The van der Waals surface area contributed by atoms with Gasteiger partial charge in [0.05, 0.1) is 11.9 Å². The Morgan fingerprint density at radius 1 is 1.67 bits per heavy atom. The summed E-state index contributed by atoms with van der Waals surface area (Å²) in [7, 11) is -3.86. The van der Waals surface area contributed by atoms with Gasteiger partial charge in [0.15, 0.2) is 0 Å². The molecule has 0 aromatic carbocycles. The number of carbonyl (C=O) groups is 1. The third kappa shape index (κ3) is 3.72. The molecule has 0 aliphatic rings. The number of aliphatic carboxylic acids is 1. The first-order valence-electron chi connectivity index (χ1n) is 5.12. The summed E-state index contributed by atoms with van der Waals surface area (Å²) < 4.78 is 26.1. The third-order valence-electron chi connectivity index (χ3n) is 2.28. The summed E-state index contributed by atoms with van der Waals surface area (Å²) in [6.45, 7) is 1.55. The van der Waals surface area contributed by atoms with Crippen molar-refractivity contribution in [2.75, 3.05) is 12.0 Å². The quantitative estimate of drug-likeness (QED) is 0.662. The largest absolute Gasteiger partial charge is 0.480 e. The van der Waals surface area contributed by atoms with Crippen LogP contribution in [0.15, 0.2) is 11.1 Å². The highest BCUT2D eigenvalue weighted by atomic mass is 32.2. The van der Waals surface area contributed by atoms with Crippen molar-refractivity contribution < 1.29 is 18.3 Å². The lowest BCUT2D eigenvalue weighted by molar-refractivity contribution is -0.139. The van der Waals surface area contributed by atoms with Gasteiger partial charge in [-0.15, -0.1) is 0 Å². The molecule has 1 atom stereocenters. The van der Waals surface area contributed by atoms with E-state index in [2.05, 4.69) is 14.9 Å². The molecule has 0 radical (unpaired) electrons. The van der Waals surface area contributed by atoms with Crippen LogP contribution in [0.2, 0.25) is 0 Å². The summed E-state index contributed by atoms with van der Waals surface area (Å²) in [6.07, 6.45) is 3.21. The molecule has 102 valence electrons. The standard InChI is InChI=1S/C9H15N3O4S2/c1-6-8(5-10-11-6)18(15,16)12-7(9(13)14)3-4-17-2/h5,7,12H,3-4H2,1-2H3,(H,10,11)(H,13,14)/t7-/m1/s1. The highest BCUT2D eigenvalue weighted by Crippen LogP contribution is 2.12. The van der Waals surface area contributed by atoms with Gasteiger partial charge in [0.2, 0.25) is 10.0 Å². The van der Waals surface area contributed by atoms with Gasteiger partial charge in [-0.05, 0) is 25.4 Å². The van der Waals surface area contributed by atoms with Crippen LogP contribution in [0.4, 0.5) is 0 Å². The molecule has 7 nitrogen and oxygen atoms in total. The zero-order chi connectivity index (χ0) is 13.8. The second kappa shape index (κ2) is 6.21. The number of nitrogens with zero attached hydrogens (tertiary/aromatic N) is 1. The fraction of sp³-hybridized carbons (Fsp3) is 0.556. The van der Waals surface area contributed by atoms with Crippen molar-refractivity contribution in [3.63, 3.8) is 0 Å². The number of hydrogen-bond acceptors (Lipinski definition) is 5. The van der Waals surface area contributed by atoms with Gasteiger partial charge in [-0.1, -0.05) is 0 Å². The van der Waals surface area contributed by atoms with Crippen molar-refractivity contribution in [1.82, 2.24) is 14.9 Å². The summed E-state index contributed by atoms with van der Waals surface area (Å²) in [4.78, 5) is 10.9. The molecule has 0 saturated carbocycles. The van der Waals surface area contributed by atoms with Crippen LogP contribution in [0.1, 0.15) is 12.1 Å². The minimum absolute atomic E-state index is 0.0297. The maximum Gasteiger partial charge on any atom is 0.321 e. The monoisotopic (exact) mass is 293 g/mol. The number of aryl methyl sites for hydroxylation is 1. The highest BCUT2D eigenvalue weighted by molar-refractivity contribution is 7.98. The molecule has 0 aliphatic carbocycles. The summed E-state index contributed by atoms with van der Waals surface area (Å²) in [5, 5.41) is 15.1. The van der Waals surface area contributed by atoms with Crippen LogP contribution in [-0.2, 0) is 14.8 Å². The fourth-order valence-corrected chi connectivity index (χ4v) is 3.16. The van der Waals surface area contributed by atoms with Gasteiger partial charge in [-0.25, -0.2) is 8.42 Å².